The van der Waals surface area contributed by atoms with E-state index in [1.54, 1.807) is 12.2 Å². The fraction of sp³-hybridized carbons (Fsp3) is 0.143. The van der Waals surface area contributed by atoms with E-state index in [-0.39, 0.29) is 0 Å². The van der Waals surface area contributed by atoms with Gasteiger partial charge in [-0.1, -0.05) is 43.0 Å². The maximum absolute atomic E-state index is 5.72. The summed E-state index contributed by atoms with van der Waals surface area (Å²) in [5.74, 6) is 0.691. The van der Waals surface area contributed by atoms with Gasteiger partial charge in [0.25, 0.3) is 0 Å². The number of benzene rings is 1. The molecule has 1 aliphatic rings. The van der Waals surface area contributed by atoms with E-state index in [0.29, 0.717) is 5.75 Å². The maximum atomic E-state index is 5.72. The summed E-state index contributed by atoms with van der Waals surface area (Å²) in [6.07, 6.45) is 9.28. The largest absolute Gasteiger partial charge is 0.503 e. The Bertz CT molecular complexity index is 597. The lowest BCUT2D eigenvalue weighted by Crippen LogP contribution is -2.39. The van der Waals surface area contributed by atoms with E-state index in [2.05, 4.69) is 6.58 Å². The Morgan fingerprint density at radius 2 is 2.12 bits per heavy atom. The third-order valence-corrected chi connectivity index (χ3v) is 2.67. The van der Waals surface area contributed by atoms with Gasteiger partial charge in [0.2, 0.25) is 0 Å². The lowest BCUT2D eigenvalue weighted by atomic mass is 9.64. The van der Waals surface area contributed by atoms with Crippen LogP contribution in [0.2, 0.25) is 0 Å². The quantitative estimate of drug-likeness (QED) is 0.634. The molecule has 1 heterocycles. The second-order valence-electron chi connectivity index (χ2n) is 3.96. The van der Waals surface area contributed by atoms with Crippen molar-refractivity contribution in [3.8, 4) is 5.75 Å². The minimum Gasteiger partial charge on any atom is -0.503 e. The third kappa shape index (κ3) is 2.23. The summed E-state index contributed by atoms with van der Waals surface area (Å²) in [5, 5.41) is 0.959. The predicted molar refractivity (Wildman–Crippen MR) is 74.4 cm³/mol. The smallest absolute Gasteiger partial charge is 0.126 e. The summed E-state index contributed by atoms with van der Waals surface area (Å²) < 4.78 is 5.51. The van der Waals surface area contributed by atoms with Crippen LogP contribution in [0.25, 0.3) is 18.2 Å². The zero-order valence-corrected chi connectivity index (χ0v) is 9.81. The van der Waals surface area contributed by atoms with Crippen LogP contribution >= 0.6 is 0 Å². The highest BCUT2D eigenvalue weighted by atomic mass is 16.5. The first-order valence-electron chi connectivity index (χ1n) is 5.45. The van der Waals surface area contributed by atoms with Crippen molar-refractivity contribution in [3.63, 3.8) is 0 Å². The first-order chi connectivity index (χ1) is 8.07. The Morgan fingerprint density at radius 1 is 1.35 bits per heavy atom. The molecule has 3 heteroatoms. The van der Waals surface area contributed by atoms with Crippen LogP contribution in [0.5, 0.6) is 5.75 Å². The minimum absolute atomic E-state index is 0.691. The highest BCUT2D eigenvalue weighted by Crippen LogP contribution is 2.24. The molecule has 80 valence electrons. The molecule has 0 amide bonds. The number of fused-ring (bicyclic) bond motifs is 1. The van der Waals surface area contributed by atoms with Crippen LogP contribution in [0, 0.1) is 0 Å². The predicted octanol–water partition coefficient (Wildman–Crippen LogP) is 0.850. The van der Waals surface area contributed by atoms with Crippen LogP contribution < -0.4 is 15.2 Å². The molecule has 0 spiro atoms. The molecule has 0 aromatic heterocycles. The molecule has 4 radical (unpaired) electrons. The molecule has 1 aromatic rings. The van der Waals surface area contributed by atoms with E-state index >= 15 is 0 Å². The highest BCUT2D eigenvalue weighted by molar-refractivity contribution is 6.41. The van der Waals surface area contributed by atoms with Gasteiger partial charge in [-0.3, -0.25) is 0 Å². The van der Waals surface area contributed by atoms with Crippen LogP contribution in [0.15, 0.2) is 30.9 Å². The number of rotatable bonds is 1. The monoisotopic (exact) mass is 218 g/mol. The fourth-order valence-corrected chi connectivity index (χ4v) is 1.89. The molecule has 2 rings (SSSR count). The molecule has 1 nitrogen and oxygen atoms in total. The van der Waals surface area contributed by atoms with Crippen LogP contribution in [-0.4, -0.2) is 21.1 Å². The van der Waals surface area contributed by atoms with Crippen molar-refractivity contribution < 1.29 is 4.74 Å². The molecule has 17 heavy (non-hydrogen) atoms. The molecule has 1 aromatic carbocycles. The Labute approximate surface area is 104 Å². The topological polar surface area (TPSA) is 9.23 Å². The van der Waals surface area contributed by atoms with Crippen molar-refractivity contribution in [1.29, 1.82) is 0 Å². The molecule has 1 aliphatic heterocycles. The van der Waals surface area contributed by atoms with Gasteiger partial charge in [-0.15, -0.1) is 0 Å². The lowest BCUT2D eigenvalue weighted by molar-refractivity contribution is 0.284. The number of ether oxygens (including phenoxy) is 1. The number of allylic oxidation sites excluding steroid dienone is 1. The van der Waals surface area contributed by atoms with E-state index in [1.807, 2.05) is 37.3 Å². The Balaban J connectivity index is 2.77. The van der Waals surface area contributed by atoms with Gasteiger partial charge in [-0.25, -0.2) is 0 Å². The second kappa shape index (κ2) is 4.33. The van der Waals surface area contributed by atoms with Gasteiger partial charge in [-0.2, -0.15) is 0 Å². The molecular formula is C14H12B2O. The maximum Gasteiger partial charge on any atom is 0.126 e. The molecule has 0 fully saturated rings. The molecule has 0 atom stereocenters. The highest BCUT2D eigenvalue weighted by Gasteiger charge is 2.20. The Kier molecular flexibility index (Phi) is 3.01. The molecular weight excluding hydrogens is 206 g/mol. The summed E-state index contributed by atoms with van der Waals surface area (Å²) in [5.41, 5.74) is 0.979. The first-order valence-corrected chi connectivity index (χ1v) is 5.45. The van der Waals surface area contributed by atoms with E-state index in [1.165, 1.54) is 0 Å². The summed E-state index contributed by atoms with van der Waals surface area (Å²) in [7, 11) is 11.4. The molecule has 0 saturated carbocycles. The molecule has 0 N–H and O–H groups in total. The molecule has 0 saturated heterocycles. The van der Waals surface area contributed by atoms with Crippen molar-refractivity contribution in [2.45, 2.75) is 12.3 Å². The average molecular weight is 218 g/mol. The summed E-state index contributed by atoms with van der Waals surface area (Å²) in [6, 6.07) is 3.85. The van der Waals surface area contributed by atoms with Crippen molar-refractivity contribution in [1.82, 2.24) is 0 Å². The van der Waals surface area contributed by atoms with Crippen molar-refractivity contribution in [2.24, 2.45) is 0 Å². The van der Waals surface area contributed by atoms with E-state index < -0.39 is 5.40 Å². The minimum atomic E-state index is -1.23. The van der Waals surface area contributed by atoms with Crippen LogP contribution in [-0.2, 0) is 0 Å². The van der Waals surface area contributed by atoms with Crippen molar-refractivity contribution in [3.05, 3.63) is 46.9 Å². The van der Waals surface area contributed by atoms with E-state index in [0.717, 1.165) is 16.0 Å². The van der Waals surface area contributed by atoms with Crippen LogP contribution in [0.1, 0.15) is 12.5 Å². The van der Waals surface area contributed by atoms with Crippen LogP contribution in [0.4, 0.5) is 0 Å². The molecule has 0 unspecified atom stereocenters. The standard InChI is InChI=1S/C14H12B2O/c1-3-5-11-10(4-2)6-7-13-12(11)8-9-14(15,16)17-13/h3-9H,1H2,2H3/b10-4-,11-5+. The van der Waals surface area contributed by atoms with Crippen molar-refractivity contribution in [2.75, 3.05) is 0 Å². The molecule has 0 aliphatic carbocycles. The zero-order valence-electron chi connectivity index (χ0n) is 9.81. The van der Waals surface area contributed by atoms with E-state index in [4.69, 9.17) is 20.4 Å². The fourth-order valence-electron chi connectivity index (χ4n) is 1.89. The summed E-state index contributed by atoms with van der Waals surface area (Å²) in [4.78, 5) is 0. The second-order valence-corrected chi connectivity index (χ2v) is 3.96. The van der Waals surface area contributed by atoms with Crippen molar-refractivity contribution >= 4 is 33.9 Å². The van der Waals surface area contributed by atoms with Gasteiger partial charge in [0.1, 0.15) is 21.4 Å². The van der Waals surface area contributed by atoms with Gasteiger partial charge < -0.3 is 4.74 Å². The van der Waals surface area contributed by atoms with Gasteiger partial charge in [-0.05, 0) is 23.4 Å². The van der Waals surface area contributed by atoms with Gasteiger partial charge in [0.05, 0.1) is 0 Å². The van der Waals surface area contributed by atoms with E-state index in [9.17, 15) is 0 Å². The number of hydrogen-bond acceptors (Lipinski definition) is 1. The normalized spacial score (nSPS) is 18.6. The first kappa shape index (κ1) is 11.8. The van der Waals surface area contributed by atoms with Gasteiger partial charge >= 0.3 is 0 Å². The lowest BCUT2D eigenvalue weighted by Gasteiger charge is -2.29. The van der Waals surface area contributed by atoms with Gasteiger partial charge in [0, 0.05) is 11.0 Å². The zero-order chi connectivity index (χ0) is 12.5. The SMILES string of the molecule is [B]C1([B])C=Cc2c(ccc(=C/C)/c2=C\C=C)O1. The van der Waals surface area contributed by atoms with Gasteiger partial charge in [0.15, 0.2) is 0 Å². The Morgan fingerprint density at radius 3 is 2.76 bits per heavy atom. The summed E-state index contributed by atoms with van der Waals surface area (Å²) in [6.45, 7) is 5.72. The third-order valence-electron chi connectivity index (χ3n) is 2.67. The summed E-state index contributed by atoms with van der Waals surface area (Å²) >= 11 is 0. The molecule has 0 bridgehead atoms. The van der Waals surface area contributed by atoms with Crippen LogP contribution in [0.3, 0.4) is 0 Å². The number of hydrogen-bond donors (Lipinski definition) is 0. The average Bonchev–Trinajstić information content (AvgIpc) is 2.28. The Hall–Kier alpha value is -1.63.